The van der Waals surface area contributed by atoms with Gasteiger partial charge in [-0.1, -0.05) is 20.8 Å². The Morgan fingerprint density at radius 2 is 1.63 bits per heavy atom. The molecule has 1 aliphatic heterocycles. The quantitative estimate of drug-likeness (QED) is 0.795. The molecule has 1 aliphatic rings. The lowest BCUT2D eigenvalue weighted by Crippen LogP contribution is -2.47. The Morgan fingerprint density at radius 3 is 2.00 bits per heavy atom. The van der Waals surface area contributed by atoms with Gasteiger partial charge in [0.15, 0.2) is 0 Å². The zero-order valence-corrected chi connectivity index (χ0v) is 12.7. The molecule has 0 aromatic heterocycles. The van der Waals surface area contributed by atoms with Crippen molar-refractivity contribution in [3.8, 4) is 0 Å². The minimum Gasteiger partial charge on any atom is -0.342 e. The third-order valence-electron chi connectivity index (χ3n) is 3.08. The van der Waals surface area contributed by atoms with Crippen molar-refractivity contribution >= 4 is 21.8 Å². The van der Waals surface area contributed by atoms with Crippen molar-refractivity contribution in [2.45, 2.75) is 33.6 Å². The minimum absolute atomic E-state index is 0.0643. The Morgan fingerprint density at radius 1 is 1.16 bits per heavy atom. The standard InChI is InChI=1S/C12H22N2O4S/c1-12(2,3)11(16)14-7-5-9(6-8-14)10(15)13-19(4,17)18/h9H,5-8H2,1-4H3,(H,13,15). The molecule has 6 nitrogen and oxygen atoms in total. The molecule has 19 heavy (non-hydrogen) atoms. The maximum absolute atomic E-state index is 12.1. The van der Waals surface area contributed by atoms with Gasteiger partial charge in [0.1, 0.15) is 0 Å². The monoisotopic (exact) mass is 290 g/mol. The predicted octanol–water partition coefficient (Wildman–Crippen LogP) is 0.347. The Hall–Kier alpha value is -1.11. The Kier molecular flexibility index (Phi) is 4.60. The number of sulfonamides is 1. The van der Waals surface area contributed by atoms with Crippen LogP contribution in [0.5, 0.6) is 0 Å². The summed E-state index contributed by atoms with van der Waals surface area (Å²) in [4.78, 5) is 25.5. The van der Waals surface area contributed by atoms with E-state index in [1.807, 2.05) is 25.5 Å². The molecule has 0 radical (unpaired) electrons. The van der Waals surface area contributed by atoms with E-state index in [-0.39, 0.29) is 11.8 Å². The number of nitrogens with zero attached hydrogens (tertiary/aromatic N) is 1. The lowest BCUT2D eigenvalue weighted by Gasteiger charge is -2.35. The maximum Gasteiger partial charge on any atom is 0.236 e. The van der Waals surface area contributed by atoms with Crippen LogP contribution in [0.3, 0.4) is 0 Å². The second kappa shape index (κ2) is 5.48. The van der Waals surface area contributed by atoms with Gasteiger partial charge in [0.25, 0.3) is 0 Å². The first kappa shape index (κ1) is 15.9. The predicted molar refractivity (Wildman–Crippen MR) is 71.7 cm³/mol. The second-order valence-corrected chi connectivity index (χ2v) is 7.80. The molecule has 1 saturated heterocycles. The van der Waals surface area contributed by atoms with E-state index in [2.05, 4.69) is 0 Å². The van der Waals surface area contributed by atoms with Gasteiger partial charge in [-0.25, -0.2) is 8.42 Å². The third-order valence-corrected chi connectivity index (χ3v) is 3.65. The molecule has 1 fully saturated rings. The van der Waals surface area contributed by atoms with E-state index in [1.54, 1.807) is 4.90 Å². The van der Waals surface area contributed by atoms with Crippen LogP contribution in [0.25, 0.3) is 0 Å². The highest BCUT2D eigenvalue weighted by Crippen LogP contribution is 2.23. The van der Waals surface area contributed by atoms with Crippen molar-refractivity contribution in [3.63, 3.8) is 0 Å². The van der Waals surface area contributed by atoms with Gasteiger partial charge in [-0.2, -0.15) is 0 Å². The van der Waals surface area contributed by atoms with Gasteiger partial charge in [0, 0.05) is 24.4 Å². The lowest BCUT2D eigenvalue weighted by molar-refractivity contribution is -0.142. The van der Waals surface area contributed by atoms with Crippen LogP contribution in [0.1, 0.15) is 33.6 Å². The van der Waals surface area contributed by atoms with E-state index >= 15 is 0 Å². The van der Waals surface area contributed by atoms with Crippen LogP contribution in [0, 0.1) is 11.3 Å². The van der Waals surface area contributed by atoms with Crippen molar-refractivity contribution in [2.24, 2.45) is 11.3 Å². The number of carbonyl (C=O) groups excluding carboxylic acids is 2. The van der Waals surface area contributed by atoms with Crippen LogP contribution < -0.4 is 4.72 Å². The summed E-state index contributed by atoms with van der Waals surface area (Å²) < 4.78 is 24.0. The lowest BCUT2D eigenvalue weighted by atomic mass is 9.91. The molecule has 1 heterocycles. The van der Waals surface area contributed by atoms with Gasteiger partial charge in [-0.05, 0) is 12.8 Å². The molecule has 7 heteroatoms. The first-order chi connectivity index (χ1) is 8.50. The van der Waals surface area contributed by atoms with Crippen LogP contribution in [-0.2, 0) is 19.6 Å². The van der Waals surface area contributed by atoms with E-state index < -0.39 is 21.3 Å². The molecule has 1 rings (SSSR count). The van der Waals surface area contributed by atoms with Gasteiger partial charge in [-0.15, -0.1) is 0 Å². The molecule has 0 bridgehead atoms. The van der Waals surface area contributed by atoms with E-state index in [0.717, 1.165) is 6.26 Å². The molecule has 110 valence electrons. The number of hydrogen-bond acceptors (Lipinski definition) is 4. The summed E-state index contributed by atoms with van der Waals surface area (Å²) in [5.74, 6) is -0.737. The maximum atomic E-state index is 12.1. The van der Waals surface area contributed by atoms with Gasteiger partial charge >= 0.3 is 0 Å². The summed E-state index contributed by atoms with van der Waals surface area (Å²) in [6, 6.07) is 0. The van der Waals surface area contributed by atoms with Gasteiger partial charge in [0.2, 0.25) is 21.8 Å². The molecule has 1 N–H and O–H groups in total. The zero-order valence-electron chi connectivity index (χ0n) is 11.9. The van der Waals surface area contributed by atoms with Crippen LogP contribution in [0.15, 0.2) is 0 Å². The average Bonchev–Trinajstić information content (AvgIpc) is 2.24. The number of likely N-dealkylation sites (tertiary alicyclic amines) is 1. The van der Waals surface area contributed by atoms with E-state index in [0.29, 0.717) is 25.9 Å². The molecule has 0 aliphatic carbocycles. The summed E-state index contributed by atoms with van der Waals surface area (Å²) in [5, 5.41) is 0. The fraction of sp³-hybridized carbons (Fsp3) is 0.833. The number of rotatable bonds is 2. The highest BCUT2D eigenvalue weighted by Gasteiger charge is 2.32. The van der Waals surface area contributed by atoms with Crippen molar-refractivity contribution in [2.75, 3.05) is 19.3 Å². The SMILES string of the molecule is CC(C)(C)C(=O)N1CCC(C(=O)NS(C)(=O)=O)CC1. The van der Waals surface area contributed by atoms with Crippen molar-refractivity contribution in [1.82, 2.24) is 9.62 Å². The summed E-state index contributed by atoms with van der Waals surface area (Å²) >= 11 is 0. The molecule has 0 spiro atoms. The Bertz CT molecular complexity index is 457. The van der Waals surface area contributed by atoms with Crippen LogP contribution >= 0.6 is 0 Å². The zero-order chi connectivity index (χ0) is 14.8. The van der Waals surface area contributed by atoms with E-state index in [1.165, 1.54) is 0 Å². The van der Waals surface area contributed by atoms with E-state index in [4.69, 9.17) is 0 Å². The van der Waals surface area contributed by atoms with Crippen LogP contribution in [0.2, 0.25) is 0 Å². The molecule has 0 atom stereocenters. The Balaban J connectivity index is 2.54. The normalized spacial score (nSPS) is 18.2. The first-order valence-corrected chi connectivity index (χ1v) is 8.21. The average molecular weight is 290 g/mol. The van der Waals surface area contributed by atoms with Gasteiger partial charge in [-0.3, -0.25) is 14.3 Å². The Labute approximate surface area is 114 Å². The first-order valence-electron chi connectivity index (χ1n) is 6.32. The highest BCUT2D eigenvalue weighted by molar-refractivity contribution is 7.89. The third kappa shape index (κ3) is 4.81. The van der Waals surface area contributed by atoms with Crippen molar-refractivity contribution < 1.29 is 18.0 Å². The van der Waals surface area contributed by atoms with Crippen LogP contribution in [-0.4, -0.2) is 44.5 Å². The van der Waals surface area contributed by atoms with E-state index in [9.17, 15) is 18.0 Å². The highest BCUT2D eigenvalue weighted by atomic mass is 32.2. The number of nitrogens with one attached hydrogen (secondary N) is 1. The molecular weight excluding hydrogens is 268 g/mol. The largest absolute Gasteiger partial charge is 0.342 e. The van der Waals surface area contributed by atoms with Gasteiger partial charge < -0.3 is 4.90 Å². The number of carbonyl (C=O) groups is 2. The molecule has 0 unspecified atom stereocenters. The smallest absolute Gasteiger partial charge is 0.236 e. The number of amides is 2. The minimum atomic E-state index is -3.51. The van der Waals surface area contributed by atoms with Crippen LogP contribution in [0.4, 0.5) is 0 Å². The topological polar surface area (TPSA) is 83.6 Å². The van der Waals surface area contributed by atoms with Crippen molar-refractivity contribution in [1.29, 1.82) is 0 Å². The summed E-state index contributed by atoms with van der Waals surface area (Å²) in [7, 11) is -3.51. The fourth-order valence-corrected chi connectivity index (χ4v) is 2.62. The van der Waals surface area contributed by atoms with Crippen molar-refractivity contribution in [3.05, 3.63) is 0 Å². The summed E-state index contributed by atoms with van der Waals surface area (Å²) in [6.07, 6.45) is 1.97. The molecule has 2 amide bonds. The fourth-order valence-electron chi connectivity index (χ4n) is 2.09. The molecule has 0 aromatic rings. The number of hydrogen-bond donors (Lipinski definition) is 1. The molecular formula is C12H22N2O4S. The van der Waals surface area contributed by atoms with Gasteiger partial charge in [0.05, 0.1) is 6.26 Å². The second-order valence-electron chi connectivity index (χ2n) is 6.05. The summed E-state index contributed by atoms with van der Waals surface area (Å²) in [6.45, 7) is 6.57. The number of piperidine rings is 1. The molecule has 0 aromatic carbocycles. The molecule has 0 saturated carbocycles. The summed E-state index contributed by atoms with van der Waals surface area (Å²) in [5.41, 5.74) is -0.429.